The Labute approximate surface area is 97.2 Å². The summed E-state index contributed by atoms with van der Waals surface area (Å²) in [5.41, 5.74) is 7.40. The van der Waals surface area contributed by atoms with Crippen molar-refractivity contribution in [3.8, 4) is 5.88 Å². The van der Waals surface area contributed by atoms with Crippen molar-refractivity contribution in [2.24, 2.45) is 0 Å². The Kier molecular flexibility index (Phi) is 4.61. The van der Waals surface area contributed by atoms with Gasteiger partial charge in [-0.1, -0.05) is 0 Å². The molecule has 16 heavy (non-hydrogen) atoms. The molecule has 5 nitrogen and oxygen atoms in total. The van der Waals surface area contributed by atoms with Crippen molar-refractivity contribution in [2.45, 2.75) is 26.8 Å². The van der Waals surface area contributed by atoms with Gasteiger partial charge in [0.2, 0.25) is 5.88 Å². The van der Waals surface area contributed by atoms with Crippen LogP contribution in [0.1, 0.15) is 19.0 Å². The molecule has 0 unspecified atom stereocenters. The van der Waals surface area contributed by atoms with Crippen LogP contribution < -0.4 is 10.5 Å². The number of rotatable bonds is 6. The van der Waals surface area contributed by atoms with E-state index in [1.54, 1.807) is 4.68 Å². The molecule has 1 heterocycles. The molecule has 1 rings (SSSR count). The molecule has 0 aliphatic carbocycles. The number of nitrogens with two attached hydrogens (primary N) is 1. The van der Waals surface area contributed by atoms with E-state index in [0.717, 1.165) is 25.2 Å². The molecule has 0 bridgehead atoms. The van der Waals surface area contributed by atoms with Gasteiger partial charge in [-0.25, -0.2) is 4.68 Å². The highest BCUT2D eigenvalue weighted by Gasteiger charge is 2.12. The van der Waals surface area contributed by atoms with E-state index in [9.17, 15) is 0 Å². The van der Waals surface area contributed by atoms with Crippen molar-refractivity contribution >= 4 is 5.69 Å². The molecule has 92 valence electrons. The largest absolute Gasteiger partial charge is 0.476 e. The van der Waals surface area contributed by atoms with Gasteiger partial charge in [0.15, 0.2) is 0 Å². The van der Waals surface area contributed by atoms with E-state index in [1.165, 1.54) is 0 Å². The zero-order chi connectivity index (χ0) is 12.1. The van der Waals surface area contributed by atoms with E-state index in [1.807, 2.05) is 13.8 Å². The van der Waals surface area contributed by atoms with E-state index in [4.69, 9.17) is 10.5 Å². The Hall–Kier alpha value is -1.23. The molecule has 0 spiro atoms. The lowest BCUT2D eigenvalue weighted by atomic mass is 10.4. The van der Waals surface area contributed by atoms with Gasteiger partial charge >= 0.3 is 0 Å². The molecule has 5 heteroatoms. The van der Waals surface area contributed by atoms with Gasteiger partial charge in [0.1, 0.15) is 5.69 Å². The standard InChI is InChI=1S/C11H22N4O/c1-5-15-11(10(12)9(2)13-15)16-8-6-7-14(3)4/h5-8,12H2,1-4H3. The van der Waals surface area contributed by atoms with Gasteiger partial charge in [0.25, 0.3) is 0 Å². The first kappa shape index (κ1) is 12.8. The van der Waals surface area contributed by atoms with Crippen LogP contribution in [0.4, 0.5) is 5.69 Å². The van der Waals surface area contributed by atoms with Gasteiger partial charge in [-0.15, -0.1) is 0 Å². The van der Waals surface area contributed by atoms with Gasteiger partial charge in [0, 0.05) is 13.1 Å². The maximum atomic E-state index is 5.90. The molecular weight excluding hydrogens is 204 g/mol. The van der Waals surface area contributed by atoms with Crippen molar-refractivity contribution in [3.63, 3.8) is 0 Å². The first-order valence-corrected chi connectivity index (χ1v) is 5.66. The molecule has 2 N–H and O–H groups in total. The summed E-state index contributed by atoms with van der Waals surface area (Å²) in [7, 11) is 4.10. The lowest BCUT2D eigenvalue weighted by Gasteiger charge is -2.11. The molecule has 0 fully saturated rings. The normalized spacial score (nSPS) is 11.1. The number of hydrogen-bond acceptors (Lipinski definition) is 4. The van der Waals surface area contributed by atoms with Gasteiger partial charge in [0.05, 0.1) is 12.3 Å². The molecular formula is C11H22N4O. The van der Waals surface area contributed by atoms with Crippen LogP contribution in [-0.4, -0.2) is 41.9 Å². The monoisotopic (exact) mass is 226 g/mol. The molecule has 1 aromatic rings. The van der Waals surface area contributed by atoms with Gasteiger partial charge in [-0.3, -0.25) is 0 Å². The lowest BCUT2D eigenvalue weighted by molar-refractivity contribution is 0.260. The first-order chi connectivity index (χ1) is 7.56. The van der Waals surface area contributed by atoms with E-state index >= 15 is 0 Å². The summed E-state index contributed by atoms with van der Waals surface area (Å²) in [6.45, 7) is 6.39. The molecule has 0 radical (unpaired) electrons. The number of aromatic nitrogens is 2. The van der Waals surface area contributed by atoms with Crippen molar-refractivity contribution in [3.05, 3.63) is 5.69 Å². The summed E-state index contributed by atoms with van der Waals surface area (Å²) >= 11 is 0. The highest BCUT2D eigenvalue weighted by atomic mass is 16.5. The third-order valence-corrected chi connectivity index (χ3v) is 2.41. The van der Waals surface area contributed by atoms with Crippen LogP contribution in [-0.2, 0) is 6.54 Å². The van der Waals surface area contributed by atoms with Crippen molar-refractivity contribution in [1.82, 2.24) is 14.7 Å². The molecule has 0 amide bonds. The Morgan fingerprint density at radius 1 is 1.44 bits per heavy atom. The van der Waals surface area contributed by atoms with Crippen LogP contribution in [0, 0.1) is 6.92 Å². The average Bonchev–Trinajstić information content (AvgIpc) is 2.50. The Morgan fingerprint density at radius 3 is 2.69 bits per heavy atom. The van der Waals surface area contributed by atoms with Crippen LogP contribution in [0.2, 0.25) is 0 Å². The highest BCUT2D eigenvalue weighted by Crippen LogP contribution is 2.24. The number of nitrogen functional groups attached to an aromatic ring is 1. The second-order valence-corrected chi connectivity index (χ2v) is 4.13. The van der Waals surface area contributed by atoms with Gasteiger partial charge < -0.3 is 15.4 Å². The van der Waals surface area contributed by atoms with Crippen molar-refractivity contribution < 1.29 is 4.74 Å². The Morgan fingerprint density at radius 2 is 2.12 bits per heavy atom. The van der Waals surface area contributed by atoms with Crippen LogP contribution in [0.5, 0.6) is 5.88 Å². The maximum absolute atomic E-state index is 5.90. The topological polar surface area (TPSA) is 56.3 Å². The number of nitrogens with zero attached hydrogens (tertiary/aromatic N) is 3. The number of aryl methyl sites for hydroxylation is 2. The fourth-order valence-corrected chi connectivity index (χ4v) is 1.49. The summed E-state index contributed by atoms with van der Waals surface area (Å²) in [5.74, 6) is 0.707. The smallest absolute Gasteiger partial charge is 0.236 e. The first-order valence-electron chi connectivity index (χ1n) is 5.66. The highest BCUT2D eigenvalue weighted by molar-refractivity contribution is 5.52. The Bertz CT molecular complexity index is 333. The third kappa shape index (κ3) is 3.13. The van der Waals surface area contributed by atoms with E-state index in [0.29, 0.717) is 18.2 Å². The lowest BCUT2D eigenvalue weighted by Crippen LogP contribution is -2.16. The van der Waals surface area contributed by atoms with Crippen molar-refractivity contribution in [1.29, 1.82) is 0 Å². The third-order valence-electron chi connectivity index (χ3n) is 2.41. The number of ether oxygens (including phenoxy) is 1. The second kappa shape index (κ2) is 5.75. The summed E-state index contributed by atoms with van der Waals surface area (Å²) < 4.78 is 7.48. The number of anilines is 1. The predicted octanol–water partition coefficient (Wildman–Crippen LogP) is 1.12. The molecule has 0 aromatic carbocycles. The van der Waals surface area contributed by atoms with Crippen LogP contribution >= 0.6 is 0 Å². The summed E-state index contributed by atoms with van der Waals surface area (Å²) in [4.78, 5) is 2.13. The molecule has 1 aromatic heterocycles. The minimum absolute atomic E-state index is 0.659. The second-order valence-electron chi connectivity index (χ2n) is 4.13. The van der Waals surface area contributed by atoms with E-state index in [-0.39, 0.29) is 0 Å². The zero-order valence-corrected chi connectivity index (χ0v) is 10.7. The van der Waals surface area contributed by atoms with Crippen LogP contribution in [0.25, 0.3) is 0 Å². The van der Waals surface area contributed by atoms with E-state index in [2.05, 4.69) is 24.1 Å². The van der Waals surface area contributed by atoms with Gasteiger partial charge in [-0.2, -0.15) is 5.10 Å². The fourth-order valence-electron chi connectivity index (χ4n) is 1.49. The van der Waals surface area contributed by atoms with E-state index < -0.39 is 0 Å². The van der Waals surface area contributed by atoms with Crippen molar-refractivity contribution in [2.75, 3.05) is 33.0 Å². The summed E-state index contributed by atoms with van der Waals surface area (Å²) in [5, 5.41) is 4.30. The minimum Gasteiger partial charge on any atom is -0.476 e. The van der Waals surface area contributed by atoms with Crippen LogP contribution in [0.3, 0.4) is 0 Å². The minimum atomic E-state index is 0.659. The average molecular weight is 226 g/mol. The fraction of sp³-hybridized carbons (Fsp3) is 0.727. The number of hydrogen-bond donors (Lipinski definition) is 1. The molecule has 0 aliphatic heterocycles. The Balaban J connectivity index is 2.52. The SMILES string of the molecule is CCn1nc(C)c(N)c1OCCCN(C)C. The maximum Gasteiger partial charge on any atom is 0.236 e. The summed E-state index contributed by atoms with van der Waals surface area (Å²) in [6, 6.07) is 0. The molecule has 0 atom stereocenters. The molecule has 0 aliphatic rings. The zero-order valence-electron chi connectivity index (χ0n) is 10.7. The summed E-state index contributed by atoms with van der Waals surface area (Å²) in [6.07, 6.45) is 0.986. The molecule has 0 saturated heterocycles. The quantitative estimate of drug-likeness (QED) is 0.739. The predicted molar refractivity (Wildman–Crippen MR) is 65.7 cm³/mol. The van der Waals surface area contributed by atoms with Gasteiger partial charge in [-0.05, 0) is 34.4 Å². The van der Waals surface area contributed by atoms with Crippen LogP contribution in [0.15, 0.2) is 0 Å². The molecule has 0 saturated carbocycles.